The van der Waals surface area contributed by atoms with Crippen molar-refractivity contribution in [1.82, 2.24) is 4.90 Å². The Kier molecular flexibility index (Phi) is 5.21. The molecule has 1 aliphatic rings. The van der Waals surface area contributed by atoms with Gasteiger partial charge in [0.15, 0.2) is 0 Å². The van der Waals surface area contributed by atoms with Gasteiger partial charge >= 0.3 is 0 Å². The highest BCUT2D eigenvalue weighted by Gasteiger charge is 2.22. The topological polar surface area (TPSA) is 29.3 Å². The van der Waals surface area contributed by atoms with E-state index in [1.165, 1.54) is 37.9 Å². The Morgan fingerprint density at radius 2 is 1.89 bits per heavy atom. The molecule has 1 heterocycles. The molecule has 18 heavy (non-hydrogen) atoms. The molecule has 1 unspecified atom stereocenters. The molecule has 1 fully saturated rings. The highest BCUT2D eigenvalue weighted by Crippen LogP contribution is 2.23. The van der Waals surface area contributed by atoms with E-state index in [1.807, 2.05) is 0 Å². The zero-order chi connectivity index (χ0) is 12.8. The summed E-state index contributed by atoms with van der Waals surface area (Å²) in [4.78, 5) is 2.61. The number of rotatable bonds is 5. The van der Waals surface area contributed by atoms with Crippen molar-refractivity contribution in [1.29, 1.82) is 0 Å². The van der Waals surface area contributed by atoms with Crippen molar-refractivity contribution >= 4 is 0 Å². The summed E-state index contributed by atoms with van der Waals surface area (Å²) in [6.45, 7) is 5.62. The minimum Gasteiger partial charge on any atom is -0.330 e. The van der Waals surface area contributed by atoms with Gasteiger partial charge in [0, 0.05) is 6.04 Å². The van der Waals surface area contributed by atoms with Crippen molar-refractivity contribution in [2.75, 3.05) is 19.6 Å². The molecule has 0 spiro atoms. The molecular weight excluding hydrogens is 220 g/mol. The number of hydrogen-bond donors (Lipinski definition) is 1. The number of piperidine rings is 1. The maximum absolute atomic E-state index is 5.64. The average Bonchev–Trinajstić information content (AvgIpc) is 2.41. The fourth-order valence-electron chi connectivity index (χ4n) is 2.97. The third-order valence-corrected chi connectivity index (χ3v) is 4.22. The van der Waals surface area contributed by atoms with Crippen molar-refractivity contribution < 1.29 is 0 Å². The fourth-order valence-corrected chi connectivity index (χ4v) is 2.97. The summed E-state index contributed by atoms with van der Waals surface area (Å²) >= 11 is 0. The van der Waals surface area contributed by atoms with Gasteiger partial charge in [0.2, 0.25) is 0 Å². The Morgan fingerprint density at radius 3 is 2.50 bits per heavy atom. The second-order valence-corrected chi connectivity index (χ2v) is 5.60. The van der Waals surface area contributed by atoms with Crippen LogP contribution in [-0.4, -0.2) is 30.6 Å². The molecule has 0 radical (unpaired) electrons. The van der Waals surface area contributed by atoms with Gasteiger partial charge in [0.05, 0.1) is 0 Å². The Bertz CT molecular complexity index is 328. The molecule has 1 aliphatic heterocycles. The summed E-state index contributed by atoms with van der Waals surface area (Å²) in [5.74, 6) is 0.869. The SMILES string of the molecule is CC(CCN)N1CCC(Cc2ccccc2)CC1. The second kappa shape index (κ2) is 6.91. The van der Waals surface area contributed by atoms with E-state index < -0.39 is 0 Å². The molecule has 1 aromatic rings. The first-order valence-corrected chi connectivity index (χ1v) is 7.27. The average molecular weight is 246 g/mol. The molecule has 1 aromatic carbocycles. The van der Waals surface area contributed by atoms with Crippen LogP contribution in [0.15, 0.2) is 30.3 Å². The molecule has 100 valence electrons. The lowest BCUT2D eigenvalue weighted by atomic mass is 9.89. The highest BCUT2D eigenvalue weighted by atomic mass is 15.2. The van der Waals surface area contributed by atoms with E-state index in [9.17, 15) is 0 Å². The molecule has 2 nitrogen and oxygen atoms in total. The number of hydrogen-bond acceptors (Lipinski definition) is 2. The Hall–Kier alpha value is -0.860. The lowest BCUT2D eigenvalue weighted by molar-refractivity contribution is 0.136. The summed E-state index contributed by atoms with van der Waals surface area (Å²) in [5, 5.41) is 0. The Labute approximate surface area is 111 Å². The molecule has 0 saturated carbocycles. The van der Waals surface area contributed by atoms with Crippen LogP contribution in [0, 0.1) is 5.92 Å². The smallest absolute Gasteiger partial charge is 0.00789 e. The van der Waals surface area contributed by atoms with Crippen LogP contribution in [-0.2, 0) is 6.42 Å². The summed E-state index contributed by atoms with van der Waals surface area (Å²) in [6, 6.07) is 11.6. The molecule has 0 bridgehead atoms. The zero-order valence-corrected chi connectivity index (χ0v) is 11.5. The second-order valence-electron chi connectivity index (χ2n) is 5.60. The van der Waals surface area contributed by atoms with E-state index >= 15 is 0 Å². The van der Waals surface area contributed by atoms with Gasteiger partial charge in [0.1, 0.15) is 0 Å². The minimum atomic E-state index is 0.660. The predicted octanol–water partition coefficient (Wildman–Crippen LogP) is 2.68. The van der Waals surface area contributed by atoms with Gasteiger partial charge in [-0.3, -0.25) is 0 Å². The van der Waals surface area contributed by atoms with Gasteiger partial charge in [-0.2, -0.15) is 0 Å². The quantitative estimate of drug-likeness (QED) is 0.865. The normalized spacial score (nSPS) is 19.9. The first kappa shape index (κ1) is 13.6. The van der Waals surface area contributed by atoms with Crippen molar-refractivity contribution in [3.63, 3.8) is 0 Å². The number of benzene rings is 1. The maximum Gasteiger partial charge on any atom is 0.00789 e. The molecule has 0 aromatic heterocycles. The van der Waals surface area contributed by atoms with Crippen molar-refractivity contribution in [2.45, 2.75) is 38.6 Å². The van der Waals surface area contributed by atoms with E-state index in [0.29, 0.717) is 6.04 Å². The molecule has 2 rings (SSSR count). The summed E-state index contributed by atoms with van der Waals surface area (Å²) < 4.78 is 0. The lowest BCUT2D eigenvalue weighted by Crippen LogP contribution is -2.41. The number of likely N-dealkylation sites (tertiary alicyclic amines) is 1. The van der Waals surface area contributed by atoms with E-state index in [-0.39, 0.29) is 0 Å². The van der Waals surface area contributed by atoms with Crippen LogP contribution >= 0.6 is 0 Å². The third kappa shape index (κ3) is 3.82. The predicted molar refractivity (Wildman–Crippen MR) is 77.6 cm³/mol. The van der Waals surface area contributed by atoms with E-state index in [4.69, 9.17) is 5.73 Å². The van der Waals surface area contributed by atoms with Gasteiger partial charge in [-0.1, -0.05) is 30.3 Å². The summed E-state index contributed by atoms with van der Waals surface area (Å²) in [7, 11) is 0. The highest BCUT2D eigenvalue weighted by molar-refractivity contribution is 5.15. The fraction of sp³-hybridized carbons (Fsp3) is 0.625. The van der Waals surface area contributed by atoms with Crippen LogP contribution in [0.25, 0.3) is 0 Å². The maximum atomic E-state index is 5.64. The van der Waals surface area contributed by atoms with Crippen molar-refractivity contribution in [3.05, 3.63) is 35.9 Å². The summed E-state index contributed by atoms with van der Waals surface area (Å²) in [6.07, 6.45) is 5.05. The molecule has 1 atom stereocenters. The zero-order valence-electron chi connectivity index (χ0n) is 11.5. The largest absolute Gasteiger partial charge is 0.330 e. The molecule has 0 amide bonds. The van der Waals surface area contributed by atoms with Crippen molar-refractivity contribution in [2.24, 2.45) is 11.7 Å². The Morgan fingerprint density at radius 1 is 1.22 bits per heavy atom. The number of nitrogens with zero attached hydrogens (tertiary/aromatic N) is 1. The molecular formula is C16H26N2. The molecule has 2 heteroatoms. The van der Waals surface area contributed by atoms with Gasteiger partial charge in [-0.15, -0.1) is 0 Å². The monoisotopic (exact) mass is 246 g/mol. The van der Waals surface area contributed by atoms with E-state index in [1.54, 1.807) is 0 Å². The van der Waals surface area contributed by atoms with Crippen molar-refractivity contribution in [3.8, 4) is 0 Å². The summed E-state index contributed by atoms with van der Waals surface area (Å²) in [5.41, 5.74) is 7.13. The first-order valence-electron chi connectivity index (χ1n) is 7.27. The van der Waals surface area contributed by atoms with Crippen LogP contribution in [0.4, 0.5) is 0 Å². The van der Waals surface area contributed by atoms with Crippen LogP contribution in [0.3, 0.4) is 0 Å². The van der Waals surface area contributed by atoms with Crippen LogP contribution in [0.1, 0.15) is 31.7 Å². The van der Waals surface area contributed by atoms with Crippen LogP contribution < -0.4 is 5.73 Å². The number of nitrogens with two attached hydrogens (primary N) is 1. The minimum absolute atomic E-state index is 0.660. The van der Waals surface area contributed by atoms with Crippen LogP contribution in [0.5, 0.6) is 0 Å². The Balaban J connectivity index is 1.77. The molecule has 1 saturated heterocycles. The molecule has 2 N–H and O–H groups in total. The molecule has 0 aliphatic carbocycles. The van der Waals surface area contributed by atoms with Gasteiger partial charge in [-0.05, 0) is 63.7 Å². The van der Waals surface area contributed by atoms with Crippen LogP contribution in [0.2, 0.25) is 0 Å². The van der Waals surface area contributed by atoms with Gasteiger partial charge in [0.25, 0.3) is 0 Å². The van der Waals surface area contributed by atoms with Gasteiger partial charge in [-0.25, -0.2) is 0 Å². The van der Waals surface area contributed by atoms with Gasteiger partial charge < -0.3 is 10.6 Å². The first-order chi connectivity index (χ1) is 8.79. The standard InChI is InChI=1S/C16H26N2/c1-14(7-10-17)18-11-8-16(9-12-18)13-15-5-3-2-4-6-15/h2-6,14,16H,7-13,17H2,1H3. The lowest BCUT2D eigenvalue weighted by Gasteiger charge is -2.36. The van der Waals surface area contributed by atoms with E-state index in [0.717, 1.165) is 18.9 Å². The van der Waals surface area contributed by atoms with E-state index in [2.05, 4.69) is 42.2 Å². The third-order valence-electron chi connectivity index (χ3n) is 4.22.